The molecule has 0 amide bonds. The number of ether oxygens (including phenoxy) is 1. The van der Waals surface area contributed by atoms with Crippen LogP contribution in [0.15, 0.2) is 34.2 Å². The molecule has 7 heteroatoms. The van der Waals surface area contributed by atoms with Gasteiger partial charge in [0, 0.05) is 41.8 Å². The van der Waals surface area contributed by atoms with Crippen molar-refractivity contribution in [2.24, 2.45) is 4.99 Å². The molecule has 0 spiro atoms. The van der Waals surface area contributed by atoms with E-state index >= 15 is 0 Å². The summed E-state index contributed by atoms with van der Waals surface area (Å²) in [6.45, 7) is 7.19. The monoisotopic (exact) mass is 370 g/mol. The second-order valence-electron chi connectivity index (χ2n) is 5.70. The lowest BCUT2D eigenvalue weighted by molar-refractivity contribution is -0.0136. The van der Waals surface area contributed by atoms with Crippen LogP contribution in [0.25, 0.3) is 0 Å². The molecule has 0 radical (unpaired) electrons. The highest BCUT2D eigenvalue weighted by Gasteiger charge is 2.17. The van der Waals surface area contributed by atoms with Crippen molar-refractivity contribution in [3.05, 3.63) is 29.3 Å². The molecule has 1 aromatic carbocycles. The predicted molar refractivity (Wildman–Crippen MR) is 103 cm³/mol. The number of nitrogens with zero attached hydrogens (tertiary/aromatic N) is 2. The molecule has 1 aliphatic heterocycles. The minimum absolute atomic E-state index is 0.183. The van der Waals surface area contributed by atoms with Crippen molar-refractivity contribution < 1.29 is 4.74 Å². The van der Waals surface area contributed by atoms with Gasteiger partial charge in [-0.15, -0.1) is 11.8 Å². The fourth-order valence-electron chi connectivity index (χ4n) is 2.38. The Kier molecular flexibility index (Phi) is 8.74. The van der Waals surface area contributed by atoms with E-state index in [0.717, 1.165) is 49.5 Å². The normalized spacial score (nSPS) is 19.3. The van der Waals surface area contributed by atoms with Gasteiger partial charge >= 0.3 is 0 Å². The first-order valence-corrected chi connectivity index (χ1v) is 9.74. The number of halogens is 1. The van der Waals surface area contributed by atoms with Gasteiger partial charge in [0.1, 0.15) is 0 Å². The summed E-state index contributed by atoms with van der Waals surface area (Å²) in [5.41, 5.74) is 0. The third kappa shape index (κ3) is 7.30. The predicted octanol–water partition coefficient (Wildman–Crippen LogP) is 2.32. The Morgan fingerprint density at radius 1 is 1.38 bits per heavy atom. The van der Waals surface area contributed by atoms with Crippen molar-refractivity contribution in [1.29, 1.82) is 0 Å². The Labute approximate surface area is 154 Å². The van der Waals surface area contributed by atoms with E-state index < -0.39 is 0 Å². The van der Waals surface area contributed by atoms with Gasteiger partial charge in [-0.2, -0.15) is 0 Å². The van der Waals surface area contributed by atoms with E-state index in [9.17, 15) is 0 Å². The molecule has 5 nitrogen and oxygen atoms in total. The molecule has 1 aromatic rings. The van der Waals surface area contributed by atoms with E-state index in [1.54, 1.807) is 11.8 Å². The van der Waals surface area contributed by atoms with Crippen molar-refractivity contribution in [3.8, 4) is 0 Å². The molecule has 1 heterocycles. The van der Waals surface area contributed by atoms with Crippen LogP contribution in [-0.4, -0.2) is 69.1 Å². The Morgan fingerprint density at radius 3 is 2.88 bits per heavy atom. The molecule has 0 aliphatic carbocycles. The van der Waals surface area contributed by atoms with Crippen LogP contribution < -0.4 is 10.6 Å². The maximum Gasteiger partial charge on any atom is 0.191 e. The van der Waals surface area contributed by atoms with Crippen LogP contribution in [0.2, 0.25) is 5.02 Å². The van der Waals surface area contributed by atoms with E-state index in [4.69, 9.17) is 16.3 Å². The minimum atomic E-state index is 0.183. The van der Waals surface area contributed by atoms with E-state index in [-0.39, 0.29) is 6.10 Å². The zero-order valence-corrected chi connectivity index (χ0v) is 16.0. The molecule has 0 bridgehead atoms. The summed E-state index contributed by atoms with van der Waals surface area (Å²) >= 11 is 7.70. The number of nitrogens with one attached hydrogen (secondary N) is 2. The fraction of sp³-hybridized carbons (Fsp3) is 0.588. The molecule has 0 aromatic heterocycles. The number of hydrogen-bond acceptors (Lipinski definition) is 4. The number of guanidine groups is 1. The SMILES string of the molecule is CCNC(=NCC1CN(C)CCO1)NCCSc1ccc(Cl)cc1. The van der Waals surface area contributed by atoms with Crippen molar-refractivity contribution >= 4 is 29.3 Å². The molecule has 2 N–H and O–H groups in total. The zero-order chi connectivity index (χ0) is 17.2. The summed E-state index contributed by atoms with van der Waals surface area (Å²) in [6.07, 6.45) is 0.183. The lowest BCUT2D eigenvalue weighted by Crippen LogP contribution is -2.43. The number of thioether (sulfide) groups is 1. The maximum absolute atomic E-state index is 5.90. The van der Waals surface area contributed by atoms with E-state index in [1.807, 2.05) is 24.3 Å². The summed E-state index contributed by atoms with van der Waals surface area (Å²) in [7, 11) is 2.12. The van der Waals surface area contributed by atoms with Crippen molar-refractivity contribution in [2.45, 2.75) is 17.9 Å². The third-order valence-electron chi connectivity index (χ3n) is 3.62. The molecule has 1 fully saturated rings. The zero-order valence-electron chi connectivity index (χ0n) is 14.4. The lowest BCUT2D eigenvalue weighted by atomic mass is 10.3. The largest absolute Gasteiger partial charge is 0.374 e. The lowest BCUT2D eigenvalue weighted by Gasteiger charge is -2.29. The fourth-order valence-corrected chi connectivity index (χ4v) is 3.28. The summed E-state index contributed by atoms with van der Waals surface area (Å²) in [5, 5.41) is 7.43. The van der Waals surface area contributed by atoms with Crippen molar-refractivity contribution in [1.82, 2.24) is 15.5 Å². The summed E-state index contributed by atoms with van der Waals surface area (Å²) in [6, 6.07) is 7.93. The van der Waals surface area contributed by atoms with Crippen LogP contribution in [-0.2, 0) is 4.74 Å². The quantitative estimate of drug-likeness (QED) is 0.334. The Bertz CT molecular complexity index is 512. The Morgan fingerprint density at radius 2 is 2.17 bits per heavy atom. The van der Waals surface area contributed by atoms with E-state index in [2.05, 4.69) is 34.5 Å². The molecule has 0 saturated carbocycles. The molecule has 2 rings (SSSR count). The van der Waals surface area contributed by atoms with Crippen LogP contribution in [0.1, 0.15) is 6.92 Å². The second-order valence-corrected chi connectivity index (χ2v) is 7.31. The van der Waals surface area contributed by atoms with Crippen LogP contribution in [0.3, 0.4) is 0 Å². The van der Waals surface area contributed by atoms with E-state index in [1.165, 1.54) is 4.90 Å². The highest BCUT2D eigenvalue weighted by Crippen LogP contribution is 2.19. The molecule has 24 heavy (non-hydrogen) atoms. The molecular formula is C17H27ClN4OS. The van der Waals surface area contributed by atoms with Gasteiger partial charge in [-0.25, -0.2) is 0 Å². The summed E-state index contributed by atoms with van der Waals surface area (Å²) < 4.78 is 5.75. The first kappa shape index (κ1) is 19.4. The average molecular weight is 371 g/mol. The molecular weight excluding hydrogens is 344 g/mol. The van der Waals surface area contributed by atoms with Crippen LogP contribution >= 0.6 is 23.4 Å². The molecule has 1 atom stereocenters. The summed E-state index contributed by atoms with van der Waals surface area (Å²) in [5.74, 6) is 1.82. The second kappa shape index (κ2) is 10.8. The van der Waals surface area contributed by atoms with Gasteiger partial charge in [0.2, 0.25) is 0 Å². The first-order valence-electron chi connectivity index (χ1n) is 8.38. The van der Waals surface area contributed by atoms with Gasteiger partial charge in [0.25, 0.3) is 0 Å². The van der Waals surface area contributed by atoms with Crippen LogP contribution in [0, 0.1) is 0 Å². The van der Waals surface area contributed by atoms with Gasteiger partial charge in [-0.1, -0.05) is 11.6 Å². The van der Waals surface area contributed by atoms with Gasteiger partial charge in [-0.05, 0) is 38.2 Å². The average Bonchev–Trinajstić information content (AvgIpc) is 2.58. The topological polar surface area (TPSA) is 48.9 Å². The molecule has 134 valence electrons. The third-order valence-corrected chi connectivity index (χ3v) is 4.88. The van der Waals surface area contributed by atoms with Gasteiger partial charge in [0.15, 0.2) is 5.96 Å². The maximum atomic E-state index is 5.90. The smallest absolute Gasteiger partial charge is 0.191 e. The Balaban J connectivity index is 1.71. The van der Waals surface area contributed by atoms with Crippen molar-refractivity contribution in [3.63, 3.8) is 0 Å². The number of rotatable bonds is 7. The molecule has 1 unspecified atom stereocenters. The number of hydrogen-bond donors (Lipinski definition) is 2. The van der Waals surface area contributed by atoms with Crippen molar-refractivity contribution in [2.75, 3.05) is 52.1 Å². The number of benzene rings is 1. The number of aliphatic imine (C=N–C) groups is 1. The first-order chi connectivity index (χ1) is 11.7. The standard InChI is InChI=1S/C17H27ClN4OS/c1-3-19-17(21-12-15-13-22(2)9-10-23-15)20-8-11-24-16-6-4-14(18)5-7-16/h4-7,15H,3,8-13H2,1-2H3,(H2,19,20,21). The van der Waals surface area contributed by atoms with Crippen LogP contribution in [0.4, 0.5) is 0 Å². The molecule has 1 aliphatic rings. The van der Waals surface area contributed by atoms with Crippen LogP contribution in [0.5, 0.6) is 0 Å². The Hall–Kier alpha value is -0.950. The highest BCUT2D eigenvalue weighted by atomic mass is 35.5. The van der Waals surface area contributed by atoms with Gasteiger partial charge in [-0.3, -0.25) is 4.99 Å². The van der Waals surface area contributed by atoms with Gasteiger partial charge < -0.3 is 20.3 Å². The number of likely N-dealkylation sites (N-methyl/N-ethyl adjacent to an activating group) is 1. The van der Waals surface area contributed by atoms with Gasteiger partial charge in [0.05, 0.1) is 19.3 Å². The highest BCUT2D eigenvalue weighted by molar-refractivity contribution is 7.99. The summed E-state index contributed by atoms with van der Waals surface area (Å²) in [4.78, 5) is 8.15. The van der Waals surface area contributed by atoms with E-state index in [0.29, 0.717) is 6.54 Å². The number of morpholine rings is 1. The molecule has 1 saturated heterocycles. The minimum Gasteiger partial charge on any atom is -0.374 e.